The highest BCUT2D eigenvalue weighted by Gasteiger charge is 2.51. The number of carbonyl (C=O) groups excluding carboxylic acids is 1. The van der Waals surface area contributed by atoms with Crippen LogP contribution in [0.2, 0.25) is 0 Å². The first-order valence-corrected chi connectivity index (χ1v) is 7.11. The first-order chi connectivity index (χ1) is 9.63. The normalized spacial score (nSPS) is 35.4. The zero-order chi connectivity index (χ0) is 15.8. The second kappa shape index (κ2) is 5.68. The summed E-state index contributed by atoms with van der Waals surface area (Å²) in [5, 5.41) is 0. The second-order valence-electron chi connectivity index (χ2n) is 6.24. The van der Waals surface area contributed by atoms with Gasteiger partial charge in [-0.25, -0.2) is 0 Å². The third-order valence-corrected chi connectivity index (χ3v) is 3.42. The van der Waals surface area contributed by atoms with Gasteiger partial charge in [-0.05, 0) is 27.7 Å². The lowest BCUT2D eigenvalue weighted by molar-refractivity contribution is -0.193. The Morgan fingerprint density at radius 3 is 2.38 bits per heavy atom. The van der Waals surface area contributed by atoms with Gasteiger partial charge in [0.25, 0.3) is 0 Å². The van der Waals surface area contributed by atoms with E-state index in [9.17, 15) is 4.79 Å². The summed E-state index contributed by atoms with van der Waals surface area (Å²) in [7, 11) is 0. The number of hydrogen-bond donors (Lipinski definition) is 0. The van der Waals surface area contributed by atoms with Crippen molar-refractivity contribution in [1.82, 2.24) is 0 Å². The molecule has 4 atom stereocenters. The van der Waals surface area contributed by atoms with Crippen LogP contribution >= 0.6 is 0 Å². The maximum atomic E-state index is 11.4. The predicted molar refractivity (Wildman–Crippen MR) is 74.5 cm³/mol. The molecule has 2 fully saturated rings. The molecule has 0 saturated carbocycles. The maximum Gasteiger partial charge on any atom is 0.303 e. The van der Waals surface area contributed by atoms with Crippen molar-refractivity contribution in [1.29, 1.82) is 0 Å². The van der Waals surface area contributed by atoms with Crippen LogP contribution in [0.5, 0.6) is 0 Å². The fraction of sp³-hybridized carbons (Fsp3) is 0.800. The summed E-state index contributed by atoms with van der Waals surface area (Å²) in [5.74, 6) is -1.87. The third-order valence-electron chi connectivity index (χ3n) is 3.42. The monoisotopic (exact) mass is 300 g/mol. The predicted octanol–water partition coefficient (Wildman–Crippen LogP) is 1.78. The van der Waals surface area contributed by atoms with Gasteiger partial charge < -0.3 is 23.7 Å². The van der Waals surface area contributed by atoms with E-state index in [2.05, 4.69) is 6.58 Å². The average molecular weight is 300 g/mol. The highest BCUT2D eigenvalue weighted by atomic mass is 16.8. The third kappa shape index (κ3) is 3.83. The maximum absolute atomic E-state index is 11.4. The van der Waals surface area contributed by atoms with Gasteiger partial charge in [-0.2, -0.15) is 0 Å². The largest absolute Gasteiger partial charge is 0.457 e. The number of esters is 1. The summed E-state index contributed by atoms with van der Waals surface area (Å²) >= 11 is 0. The number of carbonyl (C=O) groups is 1. The van der Waals surface area contributed by atoms with E-state index in [1.54, 1.807) is 6.08 Å². The van der Waals surface area contributed by atoms with E-state index in [0.29, 0.717) is 6.61 Å². The number of rotatable bonds is 4. The van der Waals surface area contributed by atoms with Crippen LogP contribution in [0.25, 0.3) is 0 Å². The summed E-state index contributed by atoms with van der Waals surface area (Å²) in [6.07, 6.45) is -0.236. The van der Waals surface area contributed by atoms with E-state index in [1.165, 1.54) is 6.92 Å². The van der Waals surface area contributed by atoms with Crippen molar-refractivity contribution in [3.63, 3.8) is 0 Å². The molecule has 0 aromatic heterocycles. The van der Waals surface area contributed by atoms with Crippen molar-refractivity contribution >= 4 is 5.97 Å². The van der Waals surface area contributed by atoms with Crippen LogP contribution in [0.4, 0.5) is 0 Å². The molecular weight excluding hydrogens is 276 g/mol. The molecule has 2 aliphatic rings. The molecule has 120 valence electrons. The first kappa shape index (κ1) is 16.4. The smallest absolute Gasteiger partial charge is 0.303 e. The SMILES string of the molecule is C=C[C@H]1OC(C)(C)O[C@H]1[C@H](OC(C)=O)[C@H]1COC(C)(C)O1. The molecule has 0 radical (unpaired) electrons. The summed E-state index contributed by atoms with van der Waals surface area (Å²) in [6.45, 7) is 12.7. The minimum Gasteiger partial charge on any atom is -0.457 e. The van der Waals surface area contributed by atoms with E-state index < -0.39 is 35.9 Å². The lowest BCUT2D eigenvalue weighted by Gasteiger charge is -2.29. The van der Waals surface area contributed by atoms with Crippen molar-refractivity contribution in [2.75, 3.05) is 6.61 Å². The van der Waals surface area contributed by atoms with Gasteiger partial charge in [0.05, 0.1) is 6.61 Å². The molecule has 2 heterocycles. The van der Waals surface area contributed by atoms with Crippen molar-refractivity contribution in [3.05, 3.63) is 12.7 Å². The minimum absolute atomic E-state index is 0.328. The van der Waals surface area contributed by atoms with Gasteiger partial charge in [0.1, 0.15) is 18.3 Å². The molecule has 0 spiro atoms. The van der Waals surface area contributed by atoms with Crippen LogP contribution in [0.1, 0.15) is 34.6 Å². The van der Waals surface area contributed by atoms with Gasteiger partial charge in [-0.15, -0.1) is 6.58 Å². The van der Waals surface area contributed by atoms with E-state index in [-0.39, 0.29) is 6.10 Å². The van der Waals surface area contributed by atoms with Crippen molar-refractivity contribution in [2.24, 2.45) is 0 Å². The highest BCUT2D eigenvalue weighted by molar-refractivity contribution is 5.66. The van der Waals surface area contributed by atoms with Gasteiger partial charge in [-0.1, -0.05) is 6.08 Å². The molecular formula is C15H24O6. The average Bonchev–Trinajstić information content (AvgIpc) is 2.85. The second-order valence-corrected chi connectivity index (χ2v) is 6.24. The topological polar surface area (TPSA) is 63.2 Å². The molecule has 0 amide bonds. The lowest BCUT2D eigenvalue weighted by Crippen LogP contribution is -2.47. The zero-order valence-corrected chi connectivity index (χ0v) is 13.3. The fourth-order valence-electron chi connectivity index (χ4n) is 2.68. The zero-order valence-electron chi connectivity index (χ0n) is 13.3. The Balaban J connectivity index is 2.20. The molecule has 2 aliphatic heterocycles. The Morgan fingerprint density at radius 2 is 1.90 bits per heavy atom. The van der Waals surface area contributed by atoms with Gasteiger partial charge in [0, 0.05) is 6.92 Å². The molecule has 0 aliphatic carbocycles. The molecule has 0 bridgehead atoms. The van der Waals surface area contributed by atoms with Crippen LogP contribution in [0.3, 0.4) is 0 Å². The highest BCUT2D eigenvalue weighted by Crippen LogP contribution is 2.35. The Morgan fingerprint density at radius 1 is 1.24 bits per heavy atom. The summed E-state index contributed by atoms with van der Waals surface area (Å²) in [4.78, 5) is 11.4. The van der Waals surface area contributed by atoms with Gasteiger partial charge in [-0.3, -0.25) is 4.79 Å². The first-order valence-electron chi connectivity index (χ1n) is 7.11. The van der Waals surface area contributed by atoms with E-state index in [1.807, 2.05) is 27.7 Å². The standard InChI is InChI=1S/C15H24O6/c1-7-10-13(21-15(5,6)19-10)12(18-9(2)16)11-8-17-14(3,4)20-11/h7,10-13H,1,8H2,2-6H3/t10-,11-,12-,13-/m1/s1. The van der Waals surface area contributed by atoms with E-state index in [4.69, 9.17) is 23.7 Å². The van der Waals surface area contributed by atoms with Crippen LogP contribution in [-0.2, 0) is 28.5 Å². The minimum atomic E-state index is -0.767. The van der Waals surface area contributed by atoms with Crippen LogP contribution in [0.15, 0.2) is 12.7 Å². The molecule has 2 saturated heterocycles. The van der Waals surface area contributed by atoms with Gasteiger partial charge >= 0.3 is 5.97 Å². The number of hydrogen-bond acceptors (Lipinski definition) is 6. The van der Waals surface area contributed by atoms with Gasteiger partial charge in [0.2, 0.25) is 0 Å². The van der Waals surface area contributed by atoms with Crippen molar-refractivity contribution in [2.45, 2.75) is 70.6 Å². The molecule has 0 N–H and O–H groups in total. The summed E-state index contributed by atoms with van der Waals surface area (Å²) < 4.78 is 28.5. The Hall–Kier alpha value is -0.950. The number of ether oxygens (including phenoxy) is 5. The molecule has 0 aromatic carbocycles. The van der Waals surface area contributed by atoms with Crippen molar-refractivity contribution in [3.8, 4) is 0 Å². The Labute approximate surface area is 125 Å². The van der Waals surface area contributed by atoms with Gasteiger partial charge in [0.15, 0.2) is 17.7 Å². The molecule has 2 rings (SSSR count). The lowest BCUT2D eigenvalue weighted by atomic mass is 10.0. The van der Waals surface area contributed by atoms with Crippen molar-refractivity contribution < 1.29 is 28.5 Å². The quantitative estimate of drug-likeness (QED) is 0.582. The molecule has 0 unspecified atom stereocenters. The van der Waals surface area contributed by atoms with Crippen LogP contribution < -0.4 is 0 Å². The van der Waals surface area contributed by atoms with E-state index >= 15 is 0 Å². The fourth-order valence-corrected chi connectivity index (χ4v) is 2.68. The Kier molecular flexibility index (Phi) is 4.44. The molecule has 0 aromatic rings. The molecule has 6 heteroatoms. The summed E-state index contributed by atoms with van der Waals surface area (Å²) in [6, 6.07) is 0. The summed E-state index contributed by atoms with van der Waals surface area (Å²) in [5.41, 5.74) is 0. The molecule has 6 nitrogen and oxygen atoms in total. The van der Waals surface area contributed by atoms with E-state index in [0.717, 1.165) is 0 Å². The van der Waals surface area contributed by atoms with Crippen LogP contribution in [0, 0.1) is 0 Å². The Bertz CT molecular complexity index is 416. The molecule has 21 heavy (non-hydrogen) atoms. The van der Waals surface area contributed by atoms with Crippen LogP contribution in [-0.4, -0.2) is 48.6 Å².